The van der Waals surface area contributed by atoms with Gasteiger partial charge in [-0.2, -0.15) is 8.78 Å². The molecule has 1 heterocycles. The molecular weight excluding hydrogens is 346 g/mol. The van der Waals surface area contributed by atoms with E-state index in [2.05, 4.69) is 12.8 Å². The smallest absolute Gasteiger partial charge is 0.204 e. The van der Waals surface area contributed by atoms with E-state index in [9.17, 15) is 8.78 Å². The van der Waals surface area contributed by atoms with Crippen molar-refractivity contribution >= 4 is 0 Å². The molecule has 0 bridgehead atoms. The largest absolute Gasteiger partial charge is 0.487 e. The van der Waals surface area contributed by atoms with E-state index >= 15 is 0 Å². The van der Waals surface area contributed by atoms with Crippen molar-refractivity contribution in [1.82, 2.24) is 0 Å². The Labute approximate surface area is 161 Å². The van der Waals surface area contributed by atoms with Crippen LogP contribution in [0, 0.1) is 35.8 Å². The topological polar surface area (TPSA) is 18.5 Å². The molecule has 3 rings (SSSR count). The van der Waals surface area contributed by atoms with Gasteiger partial charge < -0.3 is 9.47 Å². The summed E-state index contributed by atoms with van der Waals surface area (Å²) >= 11 is 0. The van der Waals surface area contributed by atoms with Crippen molar-refractivity contribution in [2.24, 2.45) is 11.8 Å². The van der Waals surface area contributed by atoms with Crippen molar-refractivity contribution in [2.45, 2.75) is 83.8 Å². The quantitative estimate of drug-likeness (QED) is 0.562. The third-order valence-corrected chi connectivity index (χ3v) is 6.12. The molecule has 1 fully saturated rings. The Morgan fingerprint density at radius 1 is 1.19 bits per heavy atom. The van der Waals surface area contributed by atoms with Gasteiger partial charge in [-0.1, -0.05) is 45.5 Å². The zero-order chi connectivity index (χ0) is 19.4. The Balaban J connectivity index is 1.73. The van der Waals surface area contributed by atoms with Gasteiger partial charge >= 0.3 is 0 Å². The molecule has 0 saturated heterocycles. The van der Waals surface area contributed by atoms with Crippen LogP contribution in [0.1, 0.15) is 70.8 Å². The Morgan fingerprint density at radius 2 is 1.93 bits per heavy atom. The number of benzene rings is 1. The molecule has 2 unspecified atom stereocenters. The molecular formula is C23H30F2O2. The highest BCUT2D eigenvalue weighted by atomic mass is 19.2. The van der Waals surface area contributed by atoms with Crippen molar-refractivity contribution in [3.63, 3.8) is 0 Å². The molecule has 0 spiro atoms. The van der Waals surface area contributed by atoms with E-state index in [1.165, 1.54) is 12.8 Å². The maximum absolute atomic E-state index is 14.6. The molecule has 0 amide bonds. The minimum Gasteiger partial charge on any atom is -0.487 e. The second-order valence-corrected chi connectivity index (χ2v) is 7.95. The summed E-state index contributed by atoms with van der Waals surface area (Å²) < 4.78 is 40.6. The minimum atomic E-state index is -0.995. The van der Waals surface area contributed by atoms with Gasteiger partial charge in [-0.15, -0.1) is 6.42 Å². The van der Waals surface area contributed by atoms with Crippen LogP contribution < -0.4 is 9.47 Å². The molecule has 1 aromatic carbocycles. The first-order valence-electron chi connectivity index (χ1n) is 10.4. The second-order valence-electron chi connectivity index (χ2n) is 7.95. The fourth-order valence-electron chi connectivity index (χ4n) is 4.46. The normalized spacial score (nSPS) is 25.8. The van der Waals surface area contributed by atoms with E-state index in [-0.39, 0.29) is 23.5 Å². The summed E-state index contributed by atoms with van der Waals surface area (Å²) in [5.41, 5.74) is 0.663. The number of hydrogen-bond acceptors (Lipinski definition) is 2. The predicted molar refractivity (Wildman–Crippen MR) is 103 cm³/mol. The van der Waals surface area contributed by atoms with Crippen LogP contribution in [0.15, 0.2) is 6.07 Å². The van der Waals surface area contributed by atoms with Crippen LogP contribution in [0.2, 0.25) is 0 Å². The number of rotatable bonds is 6. The van der Waals surface area contributed by atoms with Crippen molar-refractivity contribution < 1.29 is 18.3 Å². The Hall–Kier alpha value is -1.76. The van der Waals surface area contributed by atoms with E-state index in [1.807, 2.05) is 6.92 Å². The zero-order valence-electron chi connectivity index (χ0n) is 16.4. The first-order chi connectivity index (χ1) is 13.1. The van der Waals surface area contributed by atoms with Gasteiger partial charge in [0, 0.05) is 11.5 Å². The molecule has 0 N–H and O–H groups in total. The Morgan fingerprint density at radius 3 is 2.56 bits per heavy atom. The summed E-state index contributed by atoms with van der Waals surface area (Å²) in [5.74, 6) is 1.63. The van der Waals surface area contributed by atoms with Crippen molar-refractivity contribution in [3.05, 3.63) is 23.3 Å². The SMILES string of the molecule is C#CC(Oc1cc2c(c(F)c1F)OC(CC)CC2)C1CCC(CCC)CC1. The summed E-state index contributed by atoms with van der Waals surface area (Å²) in [6.45, 7) is 4.19. The van der Waals surface area contributed by atoms with Crippen LogP contribution in [0.4, 0.5) is 8.78 Å². The van der Waals surface area contributed by atoms with Gasteiger partial charge in [0.15, 0.2) is 17.6 Å². The number of halogens is 2. The van der Waals surface area contributed by atoms with Gasteiger partial charge in [-0.3, -0.25) is 0 Å². The molecule has 2 aliphatic rings. The third-order valence-electron chi connectivity index (χ3n) is 6.12. The monoisotopic (exact) mass is 376 g/mol. The molecule has 1 aliphatic carbocycles. The lowest BCUT2D eigenvalue weighted by atomic mass is 9.78. The van der Waals surface area contributed by atoms with E-state index in [0.29, 0.717) is 12.0 Å². The summed E-state index contributed by atoms with van der Waals surface area (Å²) in [4.78, 5) is 0. The number of aryl methyl sites for hydroxylation is 1. The van der Waals surface area contributed by atoms with E-state index in [4.69, 9.17) is 15.9 Å². The lowest BCUT2D eigenvalue weighted by Gasteiger charge is -2.32. The highest BCUT2D eigenvalue weighted by Gasteiger charge is 2.31. The molecule has 148 valence electrons. The van der Waals surface area contributed by atoms with Gasteiger partial charge in [-0.05, 0) is 44.1 Å². The van der Waals surface area contributed by atoms with Crippen LogP contribution in [0.3, 0.4) is 0 Å². The number of ether oxygens (including phenoxy) is 2. The fraction of sp³-hybridized carbons (Fsp3) is 0.652. The van der Waals surface area contributed by atoms with Gasteiger partial charge in [0.2, 0.25) is 11.6 Å². The highest BCUT2D eigenvalue weighted by Crippen LogP contribution is 2.39. The first kappa shape index (κ1) is 20.0. The van der Waals surface area contributed by atoms with Crippen LogP contribution in [-0.4, -0.2) is 12.2 Å². The third kappa shape index (κ3) is 4.39. The second kappa shape index (κ2) is 8.95. The average molecular weight is 376 g/mol. The fourth-order valence-corrected chi connectivity index (χ4v) is 4.46. The summed E-state index contributed by atoms with van der Waals surface area (Å²) in [6, 6.07) is 1.58. The van der Waals surface area contributed by atoms with Crippen LogP contribution in [-0.2, 0) is 6.42 Å². The minimum absolute atomic E-state index is 0.0373. The Bertz CT molecular complexity index is 687. The van der Waals surface area contributed by atoms with Gasteiger partial charge in [0.05, 0.1) is 6.10 Å². The number of fused-ring (bicyclic) bond motifs is 1. The molecule has 1 aromatic rings. The highest BCUT2D eigenvalue weighted by molar-refractivity contribution is 5.44. The molecule has 0 aromatic heterocycles. The van der Waals surface area contributed by atoms with Gasteiger partial charge in [-0.25, -0.2) is 0 Å². The van der Waals surface area contributed by atoms with Crippen LogP contribution in [0.5, 0.6) is 11.5 Å². The van der Waals surface area contributed by atoms with Crippen molar-refractivity contribution in [1.29, 1.82) is 0 Å². The molecule has 1 saturated carbocycles. The molecule has 1 aliphatic heterocycles. The van der Waals surface area contributed by atoms with Gasteiger partial charge in [0.1, 0.15) is 0 Å². The van der Waals surface area contributed by atoms with Crippen molar-refractivity contribution in [3.8, 4) is 23.8 Å². The first-order valence-corrected chi connectivity index (χ1v) is 10.4. The summed E-state index contributed by atoms with van der Waals surface area (Å²) in [7, 11) is 0. The predicted octanol–water partition coefficient (Wildman–Crippen LogP) is 6.06. The van der Waals surface area contributed by atoms with Crippen LogP contribution in [0.25, 0.3) is 0 Å². The molecule has 4 heteroatoms. The zero-order valence-corrected chi connectivity index (χ0v) is 16.4. The van der Waals surface area contributed by atoms with E-state index in [1.54, 1.807) is 6.07 Å². The van der Waals surface area contributed by atoms with E-state index in [0.717, 1.165) is 44.4 Å². The Kier molecular flexibility index (Phi) is 6.63. The standard InChI is InChI=1S/C23H30F2O2/c1-4-7-15-8-10-16(11-9-15)19(6-3)27-20-14-17-12-13-18(5-2)26-23(17)22(25)21(20)24/h3,14-16,18-19H,4-5,7-13H2,1-2H3. The van der Waals surface area contributed by atoms with E-state index < -0.39 is 17.7 Å². The maximum Gasteiger partial charge on any atom is 0.204 e. The average Bonchev–Trinajstić information content (AvgIpc) is 2.70. The molecule has 0 radical (unpaired) electrons. The number of terminal acetylenes is 1. The van der Waals surface area contributed by atoms with Crippen LogP contribution >= 0.6 is 0 Å². The van der Waals surface area contributed by atoms with Gasteiger partial charge in [0.25, 0.3) is 0 Å². The lowest BCUT2D eigenvalue weighted by Crippen LogP contribution is -2.30. The summed E-state index contributed by atoms with van der Waals surface area (Å²) in [6.07, 6.45) is 14.0. The molecule has 2 nitrogen and oxygen atoms in total. The lowest BCUT2D eigenvalue weighted by molar-refractivity contribution is 0.126. The summed E-state index contributed by atoms with van der Waals surface area (Å²) in [5, 5.41) is 0. The van der Waals surface area contributed by atoms with Crippen molar-refractivity contribution in [2.75, 3.05) is 0 Å². The number of hydrogen-bond donors (Lipinski definition) is 0. The molecule has 27 heavy (non-hydrogen) atoms. The molecule has 2 atom stereocenters. The maximum atomic E-state index is 14.6.